The zero-order valence-electron chi connectivity index (χ0n) is 19.1. The number of fused-ring (bicyclic) bond motifs is 3. The van der Waals surface area contributed by atoms with Gasteiger partial charge in [-0.15, -0.1) is 0 Å². The molecule has 0 unspecified atom stereocenters. The highest BCUT2D eigenvalue weighted by Gasteiger charge is 2.17. The van der Waals surface area contributed by atoms with Gasteiger partial charge in [0.2, 0.25) is 0 Å². The van der Waals surface area contributed by atoms with Gasteiger partial charge in [-0.1, -0.05) is 36.4 Å². The Balaban J connectivity index is 1.32. The van der Waals surface area contributed by atoms with Crippen LogP contribution in [0.4, 0.5) is 0 Å². The van der Waals surface area contributed by atoms with E-state index in [9.17, 15) is 4.79 Å². The van der Waals surface area contributed by atoms with Crippen LogP contribution in [-0.2, 0) is 19.4 Å². The summed E-state index contributed by atoms with van der Waals surface area (Å²) >= 11 is 0. The maximum absolute atomic E-state index is 12.8. The van der Waals surface area contributed by atoms with Gasteiger partial charge in [-0.05, 0) is 67.1 Å². The molecule has 3 aromatic carbocycles. The third-order valence-corrected chi connectivity index (χ3v) is 6.19. The van der Waals surface area contributed by atoms with Crippen molar-refractivity contribution in [2.45, 2.75) is 32.3 Å². The van der Waals surface area contributed by atoms with E-state index in [1.807, 2.05) is 66.7 Å². The largest absolute Gasteiger partial charge is 0.493 e. The van der Waals surface area contributed by atoms with E-state index >= 15 is 0 Å². The fourth-order valence-electron chi connectivity index (χ4n) is 4.45. The number of hydrogen-bond acceptors (Lipinski definition) is 4. The lowest BCUT2D eigenvalue weighted by Crippen LogP contribution is -2.17. The number of carbonyl (C=O) groups excluding carboxylic acids is 1. The first-order valence-corrected chi connectivity index (χ1v) is 11.5. The number of hydrazone groups is 1. The topological polar surface area (TPSA) is 75.7 Å². The number of para-hydroxylation sites is 1. The highest BCUT2D eigenvalue weighted by atomic mass is 16.5. The van der Waals surface area contributed by atoms with Crippen LogP contribution in [0.25, 0.3) is 10.9 Å². The first-order chi connectivity index (χ1) is 16.7. The zero-order chi connectivity index (χ0) is 23.3. The number of rotatable bonds is 7. The number of nitrogens with one attached hydrogen (secondary N) is 2. The number of aromatic nitrogens is 1. The van der Waals surface area contributed by atoms with Crippen molar-refractivity contribution in [2.75, 3.05) is 7.11 Å². The third-order valence-electron chi connectivity index (χ3n) is 6.19. The summed E-state index contributed by atoms with van der Waals surface area (Å²) in [4.78, 5) is 16.3. The summed E-state index contributed by atoms with van der Waals surface area (Å²) in [5.41, 5.74) is 8.73. The number of H-pyrrole nitrogens is 1. The maximum atomic E-state index is 12.8. The van der Waals surface area contributed by atoms with Gasteiger partial charge in [0.25, 0.3) is 5.91 Å². The first-order valence-electron chi connectivity index (χ1n) is 11.5. The van der Waals surface area contributed by atoms with E-state index in [-0.39, 0.29) is 5.91 Å². The summed E-state index contributed by atoms with van der Waals surface area (Å²) in [6, 6.07) is 21.2. The second-order valence-electron chi connectivity index (χ2n) is 8.40. The molecule has 1 aliphatic carbocycles. The van der Waals surface area contributed by atoms with E-state index in [2.05, 4.69) is 15.5 Å². The summed E-state index contributed by atoms with van der Waals surface area (Å²) in [6.45, 7) is 0.398. The standard InChI is InChI=1S/C28H27N3O3/c1-33-26-13-7-10-21(27(26)34-18-19-8-3-2-4-9-19)17-29-31-28(32)20-14-15-25-23(16-20)22-11-5-6-12-24(22)30-25/h2-4,7-10,13-17,30H,5-6,11-12,18H2,1H3,(H,31,32)/b29-17-. The Kier molecular flexibility index (Phi) is 6.29. The number of aromatic amines is 1. The summed E-state index contributed by atoms with van der Waals surface area (Å²) in [5.74, 6) is 0.930. The molecule has 0 saturated carbocycles. The number of ether oxygens (including phenoxy) is 2. The van der Waals surface area contributed by atoms with Gasteiger partial charge in [0.05, 0.1) is 13.3 Å². The van der Waals surface area contributed by atoms with Gasteiger partial charge in [-0.25, -0.2) is 5.43 Å². The van der Waals surface area contributed by atoms with E-state index in [1.54, 1.807) is 13.3 Å². The minimum atomic E-state index is -0.251. The average Bonchev–Trinajstić information content (AvgIpc) is 3.26. The normalized spacial score (nSPS) is 13.1. The Labute approximate surface area is 198 Å². The van der Waals surface area contributed by atoms with Crippen molar-refractivity contribution in [3.8, 4) is 11.5 Å². The van der Waals surface area contributed by atoms with E-state index in [4.69, 9.17) is 9.47 Å². The molecular formula is C28H27N3O3. The number of methoxy groups -OCH3 is 1. The van der Waals surface area contributed by atoms with Gasteiger partial charge in [-0.3, -0.25) is 4.79 Å². The lowest BCUT2D eigenvalue weighted by molar-refractivity contribution is 0.0955. The Morgan fingerprint density at radius 2 is 1.91 bits per heavy atom. The van der Waals surface area contributed by atoms with Crippen LogP contribution in [0.5, 0.6) is 11.5 Å². The van der Waals surface area contributed by atoms with Crippen molar-refractivity contribution in [1.29, 1.82) is 0 Å². The van der Waals surface area contributed by atoms with Crippen LogP contribution in [0, 0.1) is 0 Å². The monoisotopic (exact) mass is 453 g/mol. The molecule has 34 heavy (non-hydrogen) atoms. The van der Waals surface area contributed by atoms with Crippen molar-refractivity contribution >= 4 is 23.0 Å². The highest BCUT2D eigenvalue weighted by molar-refractivity contribution is 5.99. The molecule has 0 atom stereocenters. The highest BCUT2D eigenvalue weighted by Crippen LogP contribution is 2.31. The SMILES string of the molecule is COc1cccc(/C=N\NC(=O)c2ccc3[nH]c4c(c3c2)CCCC4)c1OCc1ccccc1. The smallest absolute Gasteiger partial charge is 0.271 e. The van der Waals surface area contributed by atoms with Gasteiger partial charge in [0, 0.05) is 27.7 Å². The molecule has 4 aromatic rings. The van der Waals surface area contributed by atoms with Crippen molar-refractivity contribution in [3.05, 3.63) is 94.7 Å². The number of amides is 1. The molecule has 1 aromatic heterocycles. The molecule has 172 valence electrons. The number of nitrogens with zero attached hydrogens (tertiary/aromatic N) is 1. The van der Waals surface area contributed by atoms with E-state index in [1.165, 1.54) is 24.1 Å². The van der Waals surface area contributed by atoms with Crippen LogP contribution >= 0.6 is 0 Å². The number of aryl methyl sites for hydroxylation is 2. The van der Waals surface area contributed by atoms with Gasteiger partial charge in [-0.2, -0.15) is 5.10 Å². The Morgan fingerprint density at radius 1 is 1.06 bits per heavy atom. The van der Waals surface area contributed by atoms with Gasteiger partial charge < -0.3 is 14.5 Å². The Bertz CT molecular complexity index is 1340. The lowest BCUT2D eigenvalue weighted by atomic mass is 9.95. The second kappa shape index (κ2) is 9.83. The fourth-order valence-corrected chi connectivity index (χ4v) is 4.45. The van der Waals surface area contributed by atoms with Gasteiger partial charge in [0.1, 0.15) is 6.61 Å². The summed E-state index contributed by atoms with van der Waals surface area (Å²) in [7, 11) is 1.60. The molecule has 0 radical (unpaired) electrons. The zero-order valence-corrected chi connectivity index (χ0v) is 19.1. The van der Waals surface area contributed by atoms with Crippen molar-refractivity contribution in [2.24, 2.45) is 5.10 Å². The van der Waals surface area contributed by atoms with Crippen LogP contribution in [0.3, 0.4) is 0 Å². The minimum Gasteiger partial charge on any atom is -0.493 e. The molecule has 0 fully saturated rings. The summed E-state index contributed by atoms with van der Waals surface area (Å²) < 4.78 is 11.5. The van der Waals surface area contributed by atoms with Crippen LogP contribution in [0.1, 0.15) is 45.6 Å². The van der Waals surface area contributed by atoms with E-state index in [0.717, 1.165) is 29.3 Å². The predicted molar refractivity (Wildman–Crippen MR) is 134 cm³/mol. The summed E-state index contributed by atoms with van der Waals surface area (Å²) in [5, 5.41) is 5.33. The molecular weight excluding hydrogens is 426 g/mol. The molecule has 5 rings (SSSR count). The van der Waals surface area contributed by atoms with Crippen LogP contribution in [0.15, 0.2) is 71.8 Å². The summed E-state index contributed by atoms with van der Waals surface area (Å²) in [6.07, 6.45) is 6.11. The first kappa shape index (κ1) is 21.8. The molecule has 2 N–H and O–H groups in total. The number of benzene rings is 3. The molecule has 1 heterocycles. The average molecular weight is 454 g/mol. The molecule has 0 saturated heterocycles. The number of carbonyl (C=O) groups is 1. The van der Waals surface area contributed by atoms with E-state index < -0.39 is 0 Å². The Morgan fingerprint density at radius 3 is 2.76 bits per heavy atom. The van der Waals surface area contributed by atoms with Gasteiger partial charge in [0.15, 0.2) is 11.5 Å². The Hall–Kier alpha value is -4.06. The van der Waals surface area contributed by atoms with E-state index in [0.29, 0.717) is 29.2 Å². The molecule has 0 bridgehead atoms. The van der Waals surface area contributed by atoms with Crippen molar-refractivity contribution in [1.82, 2.24) is 10.4 Å². The number of hydrogen-bond donors (Lipinski definition) is 2. The van der Waals surface area contributed by atoms with Crippen LogP contribution < -0.4 is 14.9 Å². The van der Waals surface area contributed by atoms with Crippen molar-refractivity contribution < 1.29 is 14.3 Å². The van der Waals surface area contributed by atoms with Crippen molar-refractivity contribution in [3.63, 3.8) is 0 Å². The minimum absolute atomic E-state index is 0.251. The van der Waals surface area contributed by atoms with Crippen LogP contribution in [-0.4, -0.2) is 24.2 Å². The molecule has 0 spiro atoms. The maximum Gasteiger partial charge on any atom is 0.271 e. The van der Waals surface area contributed by atoms with Crippen LogP contribution in [0.2, 0.25) is 0 Å². The second-order valence-corrected chi connectivity index (χ2v) is 8.40. The van der Waals surface area contributed by atoms with Gasteiger partial charge >= 0.3 is 0 Å². The molecule has 1 aliphatic rings. The fraction of sp³-hybridized carbons (Fsp3) is 0.214. The predicted octanol–water partition coefficient (Wildman–Crippen LogP) is 5.40. The molecule has 6 nitrogen and oxygen atoms in total. The molecule has 1 amide bonds. The molecule has 6 heteroatoms. The lowest BCUT2D eigenvalue weighted by Gasteiger charge is -2.13. The third kappa shape index (κ3) is 4.53. The quantitative estimate of drug-likeness (QED) is 0.291. The molecule has 0 aliphatic heterocycles.